The molecule has 0 radical (unpaired) electrons. The van der Waals surface area contributed by atoms with Crippen LogP contribution in [0, 0.1) is 5.92 Å². The molecule has 4 rings (SSSR count). The Morgan fingerprint density at radius 3 is 2.43 bits per heavy atom. The van der Waals surface area contributed by atoms with Gasteiger partial charge in [0, 0.05) is 19.5 Å². The van der Waals surface area contributed by atoms with E-state index >= 15 is 0 Å². The second-order valence-corrected chi connectivity index (χ2v) is 11.6. The zero-order valence-electron chi connectivity index (χ0n) is 20.9. The monoisotopic (exact) mass is 527 g/mol. The number of sulfone groups is 1. The van der Waals surface area contributed by atoms with E-state index in [1.54, 1.807) is 66.4 Å². The van der Waals surface area contributed by atoms with Crippen LogP contribution in [0.2, 0.25) is 0 Å². The summed E-state index contributed by atoms with van der Waals surface area (Å²) in [6.45, 7) is 3.00. The average Bonchev–Trinajstić information content (AvgIpc) is 3.57. The maximum absolute atomic E-state index is 13.4. The summed E-state index contributed by atoms with van der Waals surface area (Å²) in [4.78, 5) is 32.3. The van der Waals surface area contributed by atoms with Gasteiger partial charge < -0.3 is 19.7 Å². The van der Waals surface area contributed by atoms with Gasteiger partial charge in [-0.2, -0.15) is 0 Å². The van der Waals surface area contributed by atoms with Crippen molar-refractivity contribution in [2.45, 2.75) is 50.5 Å². The van der Waals surface area contributed by atoms with Crippen LogP contribution in [-0.4, -0.2) is 60.1 Å². The molecule has 2 amide bonds. The molecule has 0 aliphatic carbocycles. The molecule has 3 atom stereocenters. The van der Waals surface area contributed by atoms with Crippen molar-refractivity contribution in [1.82, 2.24) is 15.2 Å². The topological polar surface area (TPSA) is 130 Å². The highest BCUT2D eigenvalue weighted by atomic mass is 32.2. The minimum atomic E-state index is -3.71. The Bertz CT molecular complexity index is 1290. The lowest BCUT2D eigenvalue weighted by Crippen LogP contribution is -2.45. The highest BCUT2D eigenvalue weighted by Gasteiger charge is 2.33. The summed E-state index contributed by atoms with van der Waals surface area (Å²) in [5, 5.41) is 13.7. The third-order valence-electron chi connectivity index (χ3n) is 6.65. The molecule has 1 fully saturated rings. The van der Waals surface area contributed by atoms with Crippen LogP contribution < -0.4 is 5.32 Å². The van der Waals surface area contributed by atoms with Crippen LogP contribution in [0.1, 0.15) is 50.2 Å². The molecule has 0 saturated carbocycles. The van der Waals surface area contributed by atoms with Crippen molar-refractivity contribution in [3.63, 3.8) is 0 Å². The number of benzene rings is 2. The summed E-state index contributed by atoms with van der Waals surface area (Å²) in [6, 6.07) is 15.0. The molecule has 0 spiro atoms. The van der Waals surface area contributed by atoms with Gasteiger partial charge in [0.25, 0.3) is 0 Å². The van der Waals surface area contributed by atoms with E-state index in [0.717, 1.165) is 12.8 Å². The summed E-state index contributed by atoms with van der Waals surface area (Å²) >= 11 is 0. The molecule has 3 unspecified atom stereocenters. The van der Waals surface area contributed by atoms with Gasteiger partial charge in [0.15, 0.2) is 21.5 Å². The number of aliphatic hydroxyl groups excluding tert-OH is 1. The molecule has 1 saturated heterocycles. The first kappa shape index (κ1) is 26.8. The van der Waals surface area contributed by atoms with E-state index in [1.807, 2.05) is 0 Å². The van der Waals surface area contributed by atoms with Crippen LogP contribution >= 0.6 is 0 Å². The van der Waals surface area contributed by atoms with Gasteiger partial charge in [0.05, 0.1) is 23.5 Å². The number of amides is 2. The Labute approximate surface area is 216 Å². The van der Waals surface area contributed by atoms with E-state index in [-0.39, 0.29) is 24.0 Å². The number of hydrogen-bond donors (Lipinski definition) is 2. The predicted octanol–water partition coefficient (Wildman–Crippen LogP) is 3.00. The quantitative estimate of drug-likeness (QED) is 0.392. The first-order valence-corrected chi connectivity index (χ1v) is 14.4. The molecule has 2 N–H and O–H groups in total. The number of fused-ring (bicyclic) bond motifs is 1. The molecule has 9 nitrogen and oxygen atoms in total. The van der Waals surface area contributed by atoms with Crippen molar-refractivity contribution in [3.05, 3.63) is 66.1 Å². The van der Waals surface area contributed by atoms with Crippen LogP contribution in [-0.2, 0) is 25.2 Å². The van der Waals surface area contributed by atoms with Crippen molar-refractivity contribution in [3.8, 4) is 0 Å². The van der Waals surface area contributed by atoms with Crippen molar-refractivity contribution in [1.29, 1.82) is 0 Å². The first-order valence-electron chi connectivity index (χ1n) is 12.6. The number of rotatable bonds is 11. The summed E-state index contributed by atoms with van der Waals surface area (Å²) in [5.74, 6) is -2.55. The number of oxazole rings is 1. The van der Waals surface area contributed by atoms with Gasteiger partial charge in [-0.3, -0.25) is 9.59 Å². The third-order valence-corrected chi connectivity index (χ3v) is 8.33. The fourth-order valence-electron chi connectivity index (χ4n) is 4.62. The van der Waals surface area contributed by atoms with Crippen molar-refractivity contribution < 1.29 is 27.5 Å². The summed E-state index contributed by atoms with van der Waals surface area (Å²) in [5.41, 5.74) is 1.71. The smallest absolute Gasteiger partial charge is 0.226 e. The number of hydrogen-bond acceptors (Lipinski definition) is 7. The maximum atomic E-state index is 13.4. The maximum Gasteiger partial charge on any atom is 0.226 e. The first-order chi connectivity index (χ1) is 17.8. The van der Waals surface area contributed by atoms with Crippen molar-refractivity contribution in [2.75, 3.05) is 18.8 Å². The minimum absolute atomic E-state index is 0.0646. The lowest BCUT2D eigenvalue weighted by molar-refractivity contribution is -0.135. The molecule has 1 aliphatic rings. The number of carbonyl (C=O) groups excluding carboxylic acids is 2. The van der Waals surface area contributed by atoms with Gasteiger partial charge >= 0.3 is 0 Å². The second kappa shape index (κ2) is 11.9. The molecule has 198 valence electrons. The molecule has 37 heavy (non-hydrogen) atoms. The zero-order valence-corrected chi connectivity index (χ0v) is 21.7. The largest absolute Gasteiger partial charge is 0.438 e. The van der Waals surface area contributed by atoms with Crippen LogP contribution in [0.5, 0.6) is 0 Å². The predicted molar refractivity (Wildman–Crippen MR) is 139 cm³/mol. The van der Waals surface area contributed by atoms with E-state index in [0.29, 0.717) is 36.2 Å². The molecule has 1 aromatic heterocycles. The van der Waals surface area contributed by atoms with Gasteiger partial charge in [-0.25, -0.2) is 13.4 Å². The van der Waals surface area contributed by atoms with Crippen LogP contribution in [0.3, 0.4) is 0 Å². The minimum Gasteiger partial charge on any atom is -0.438 e. The molecule has 2 heterocycles. The van der Waals surface area contributed by atoms with Gasteiger partial charge in [0.2, 0.25) is 17.7 Å². The van der Waals surface area contributed by atoms with E-state index in [1.165, 1.54) is 0 Å². The summed E-state index contributed by atoms with van der Waals surface area (Å²) in [7, 11) is -3.71. The van der Waals surface area contributed by atoms with Gasteiger partial charge in [-0.05, 0) is 37.0 Å². The molecular weight excluding hydrogens is 494 g/mol. The third kappa shape index (κ3) is 6.95. The molecule has 1 aliphatic heterocycles. The number of aromatic nitrogens is 1. The Hall–Kier alpha value is -3.24. The van der Waals surface area contributed by atoms with E-state index in [9.17, 15) is 23.1 Å². The highest BCUT2D eigenvalue weighted by molar-refractivity contribution is 7.90. The average molecular weight is 528 g/mol. The zero-order chi connectivity index (χ0) is 26.4. The Morgan fingerprint density at radius 2 is 1.76 bits per heavy atom. The van der Waals surface area contributed by atoms with Crippen LogP contribution in [0.15, 0.2) is 59.0 Å². The fraction of sp³-hybridized carbons (Fsp3) is 0.444. The van der Waals surface area contributed by atoms with Gasteiger partial charge in [-0.1, -0.05) is 49.4 Å². The number of likely N-dealkylation sites (tertiary alicyclic amines) is 1. The lowest BCUT2D eigenvalue weighted by Gasteiger charge is -2.25. The number of nitrogens with one attached hydrogen (secondary N) is 1. The SMILES string of the molecule is CCC(NC(=O)C(CC(=O)N1CCCC1)CS(=O)(=O)Cc1ccccc1)C(O)c1nc2ccccc2o1. The number of nitrogens with zero attached hydrogens (tertiary/aromatic N) is 2. The molecule has 2 aromatic carbocycles. The molecule has 3 aromatic rings. The summed E-state index contributed by atoms with van der Waals surface area (Å²) < 4.78 is 31.8. The van der Waals surface area contributed by atoms with E-state index in [4.69, 9.17) is 4.42 Å². The molecule has 10 heteroatoms. The van der Waals surface area contributed by atoms with Crippen LogP contribution in [0.4, 0.5) is 0 Å². The fourth-order valence-corrected chi connectivity index (χ4v) is 6.32. The van der Waals surface area contributed by atoms with Gasteiger partial charge in [-0.15, -0.1) is 0 Å². The van der Waals surface area contributed by atoms with Gasteiger partial charge in [0.1, 0.15) is 5.52 Å². The normalized spacial score (nSPS) is 16.4. The molecule has 0 bridgehead atoms. The van der Waals surface area contributed by atoms with E-state index in [2.05, 4.69) is 10.3 Å². The number of aliphatic hydroxyl groups is 1. The van der Waals surface area contributed by atoms with E-state index < -0.39 is 39.6 Å². The second-order valence-electron chi connectivity index (χ2n) is 9.52. The Balaban J connectivity index is 1.50. The van der Waals surface area contributed by atoms with Crippen LogP contribution in [0.25, 0.3) is 11.1 Å². The van der Waals surface area contributed by atoms with Crippen molar-refractivity contribution in [2.24, 2.45) is 5.92 Å². The Kier molecular flexibility index (Phi) is 8.60. The number of para-hydroxylation sites is 2. The Morgan fingerprint density at radius 1 is 1.08 bits per heavy atom. The number of carbonyl (C=O) groups is 2. The highest BCUT2D eigenvalue weighted by Crippen LogP contribution is 2.24. The molecular formula is C27H33N3O6S. The summed E-state index contributed by atoms with van der Waals surface area (Å²) in [6.07, 6.45) is 0.675. The van der Waals surface area contributed by atoms with Crippen molar-refractivity contribution >= 4 is 32.8 Å². The lowest BCUT2D eigenvalue weighted by atomic mass is 10.0. The standard InChI is InChI=1S/C27H33N3O6S/c1-2-21(25(32)27-29-22-12-6-7-13-23(22)36-27)28-26(33)20(16-24(31)30-14-8-9-15-30)18-37(34,35)17-19-10-4-3-5-11-19/h3-7,10-13,20-21,25,32H,2,8-9,14-18H2,1H3,(H,28,33).